The third kappa shape index (κ3) is 2.06. The Morgan fingerprint density at radius 2 is 2.45 bits per heavy atom. The van der Waals surface area contributed by atoms with Gasteiger partial charge in [-0.05, 0) is 0 Å². The van der Waals surface area contributed by atoms with Crippen molar-refractivity contribution in [3.8, 4) is 0 Å². The second-order valence-electron chi connectivity index (χ2n) is 2.46. The summed E-state index contributed by atoms with van der Waals surface area (Å²) in [6.07, 6.45) is 8.24. The summed E-state index contributed by atoms with van der Waals surface area (Å²) in [5, 5.41) is 9.49. The Hall–Kier alpha value is -0.301. The molecule has 0 unspecified atom stereocenters. The van der Waals surface area contributed by atoms with Gasteiger partial charge in [0.05, 0.1) is 0 Å². The molecule has 0 aromatic heterocycles. The van der Waals surface area contributed by atoms with Gasteiger partial charge in [0.1, 0.15) is 0 Å². The normalized spacial score (nSPS) is 19.1. The minimum atomic E-state index is -0.326. The number of rotatable bonds is 2. The number of allylic oxidation sites excluding steroid dienone is 3. The van der Waals surface area contributed by atoms with Crippen LogP contribution in [0.4, 0.5) is 0 Å². The zero-order chi connectivity index (χ0) is 8.27. The Morgan fingerprint density at radius 3 is 3.00 bits per heavy atom. The van der Waals surface area contributed by atoms with Gasteiger partial charge in [0.2, 0.25) is 0 Å². The molecule has 0 bridgehead atoms. The van der Waals surface area contributed by atoms with Crippen molar-refractivity contribution < 1.29 is 5.11 Å². The first-order valence-electron chi connectivity index (χ1n) is 3.69. The fourth-order valence-corrected chi connectivity index (χ4v) is 1.57. The SMILES string of the molecule is CC[C@H](O)C1=C[CH+]C=CC1=[Se]. The van der Waals surface area contributed by atoms with Crippen LogP contribution in [0.1, 0.15) is 13.3 Å². The average molecular weight is 214 g/mol. The van der Waals surface area contributed by atoms with E-state index in [4.69, 9.17) is 0 Å². The Balaban J connectivity index is 2.71. The van der Waals surface area contributed by atoms with E-state index in [2.05, 4.69) is 15.6 Å². The van der Waals surface area contributed by atoms with Gasteiger partial charge in [0.15, 0.2) is 0 Å². The first-order chi connectivity index (χ1) is 5.25. The predicted octanol–water partition coefficient (Wildman–Crippen LogP) is 0.799. The quantitative estimate of drug-likeness (QED) is 0.532. The van der Waals surface area contributed by atoms with Crippen molar-refractivity contribution in [3.05, 3.63) is 30.2 Å². The van der Waals surface area contributed by atoms with Gasteiger partial charge in [-0.3, -0.25) is 0 Å². The van der Waals surface area contributed by atoms with Crippen LogP contribution in [0.3, 0.4) is 0 Å². The molecule has 2 heteroatoms. The number of aliphatic hydroxyl groups is 1. The summed E-state index contributed by atoms with van der Waals surface area (Å²) >= 11 is 2.93. The van der Waals surface area contributed by atoms with Gasteiger partial charge >= 0.3 is 74.8 Å². The summed E-state index contributed by atoms with van der Waals surface area (Å²) in [5.74, 6) is 0. The van der Waals surface area contributed by atoms with Crippen LogP contribution in [-0.4, -0.2) is 31.2 Å². The van der Waals surface area contributed by atoms with Crippen LogP contribution in [0.5, 0.6) is 0 Å². The molecule has 1 aliphatic rings. The van der Waals surface area contributed by atoms with E-state index in [9.17, 15) is 5.11 Å². The van der Waals surface area contributed by atoms with Crippen molar-refractivity contribution in [2.75, 3.05) is 0 Å². The molecule has 58 valence electrons. The first-order valence-corrected chi connectivity index (χ1v) is 4.55. The molecule has 0 radical (unpaired) electrons. The van der Waals surface area contributed by atoms with Crippen molar-refractivity contribution in [1.82, 2.24) is 0 Å². The number of aliphatic hydroxyl groups excluding tert-OH is 1. The van der Waals surface area contributed by atoms with Crippen LogP contribution in [-0.2, 0) is 0 Å². The van der Waals surface area contributed by atoms with E-state index >= 15 is 0 Å². The predicted molar refractivity (Wildman–Crippen MR) is 48.6 cm³/mol. The minimum absolute atomic E-state index is 0.326. The topological polar surface area (TPSA) is 20.2 Å². The molecular formula is C9H11OSe+. The molecule has 1 atom stereocenters. The zero-order valence-electron chi connectivity index (χ0n) is 6.45. The fourth-order valence-electron chi connectivity index (χ4n) is 0.976. The Morgan fingerprint density at radius 1 is 1.73 bits per heavy atom. The summed E-state index contributed by atoms with van der Waals surface area (Å²) in [4.78, 5) is 0. The fraction of sp³-hybridized carbons (Fsp3) is 0.333. The van der Waals surface area contributed by atoms with Gasteiger partial charge in [-0.15, -0.1) is 0 Å². The van der Waals surface area contributed by atoms with Crippen LogP contribution in [0.25, 0.3) is 0 Å². The maximum absolute atomic E-state index is 9.49. The van der Waals surface area contributed by atoms with Crippen LogP contribution < -0.4 is 0 Å². The van der Waals surface area contributed by atoms with Crippen LogP contribution in [0, 0.1) is 6.42 Å². The van der Waals surface area contributed by atoms with Gasteiger partial charge in [0.25, 0.3) is 0 Å². The second-order valence-corrected chi connectivity index (χ2v) is 3.38. The van der Waals surface area contributed by atoms with E-state index in [1.165, 1.54) is 0 Å². The molecular weight excluding hydrogens is 203 g/mol. The second kappa shape index (κ2) is 3.91. The third-order valence-corrected chi connectivity index (χ3v) is 2.44. The average Bonchev–Trinajstić information content (AvgIpc) is 2.04. The summed E-state index contributed by atoms with van der Waals surface area (Å²) in [6.45, 7) is 1.97. The summed E-state index contributed by atoms with van der Waals surface area (Å²) < 4.78 is 1.04. The number of hydrogen-bond acceptors (Lipinski definition) is 1. The summed E-state index contributed by atoms with van der Waals surface area (Å²) in [6, 6.07) is 0. The van der Waals surface area contributed by atoms with Crippen LogP contribution in [0.15, 0.2) is 23.8 Å². The summed E-state index contributed by atoms with van der Waals surface area (Å²) in [5.41, 5.74) is 0.995. The zero-order valence-corrected chi connectivity index (χ0v) is 8.16. The molecule has 1 N–H and O–H groups in total. The molecule has 0 fully saturated rings. The first kappa shape index (κ1) is 8.79. The number of hydrogen-bond donors (Lipinski definition) is 1. The van der Waals surface area contributed by atoms with Gasteiger partial charge in [-0.2, -0.15) is 0 Å². The summed E-state index contributed by atoms with van der Waals surface area (Å²) in [7, 11) is 0. The standard InChI is InChI=1S/C9H11OSe/c1-2-8(10)7-5-3-4-6-9(7)11/h3-6,8,10H,2H2,1H3/q+1/t8-/m0/s1. The Kier molecular flexibility index (Phi) is 3.13. The van der Waals surface area contributed by atoms with Crippen molar-refractivity contribution in [2.45, 2.75) is 19.4 Å². The van der Waals surface area contributed by atoms with Crippen molar-refractivity contribution in [3.63, 3.8) is 0 Å². The van der Waals surface area contributed by atoms with Gasteiger partial charge in [-0.1, -0.05) is 0 Å². The molecule has 0 spiro atoms. The Bertz CT molecular complexity index is 216. The molecule has 0 aromatic carbocycles. The van der Waals surface area contributed by atoms with E-state index in [0.717, 1.165) is 16.4 Å². The molecule has 0 amide bonds. The molecule has 11 heavy (non-hydrogen) atoms. The third-order valence-electron chi connectivity index (χ3n) is 1.66. The Labute approximate surface area is 75.2 Å². The van der Waals surface area contributed by atoms with Crippen molar-refractivity contribution in [1.29, 1.82) is 0 Å². The molecule has 1 rings (SSSR count). The molecule has 0 saturated heterocycles. The van der Waals surface area contributed by atoms with Gasteiger partial charge < -0.3 is 0 Å². The van der Waals surface area contributed by atoms with Gasteiger partial charge in [0, 0.05) is 0 Å². The van der Waals surface area contributed by atoms with Crippen LogP contribution in [0.2, 0.25) is 0 Å². The maximum atomic E-state index is 9.49. The van der Waals surface area contributed by atoms with Crippen LogP contribution >= 0.6 is 0 Å². The van der Waals surface area contributed by atoms with E-state index in [-0.39, 0.29) is 6.10 Å². The van der Waals surface area contributed by atoms with Crippen molar-refractivity contribution in [2.24, 2.45) is 0 Å². The van der Waals surface area contributed by atoms with Crippen molar-refractivity contribution >= 4 is 20.0 Å². The van der Waals surface area contributed by atoms with E-state index < -0.39 is 0 Å². The molecule has 1 nitrogen and oxygen atoms in total. The molecule has 0 heterocycles. The van der Waals surface area contributed by atoms with E-state index in [1.54, 1.807) is 0 Å². The molecule has 0 saturated carbocycles. The molecule has 0 aliphatic heterocycles. The van der Waals surface area contributed by atoms with E-state index in [0.29, 0.717) is 0 Å². The van der Waals surface area contributed by atoms with E-state index in [1.807, 2.05) is 31.6 Å². The monoisotopic (exact) mass is 215 g/mol. The van der Waals surface area contributed by atoms with Gasteiger partial charge in [-0.25, -0.2) is 0 Å². The molecule has 0 aromatic rings. The molecule has 1 aliphatic carbocycles.